The molecule has 1 N–H and O–H groups in total. The molecule has 0 heterocycles. The number of hydrogen-bond donors (Lipinski definition) is 1. The molecule has 0 radical (unpaired) electrons. The van der Waals surface area contributed by atoms with Crippen molar-refractivity contribution in [1.29, 1.82) is 0 Å². The molecule has 9 nitrogen and oxygen atoms in total. The van der Waals surface area contributed by atoms with E-state index >= 15 is 0 Å². The molecule has 9 heteroatoms. The molecule has 1 amide bonds. The van der Waals surface area contributed by atoms with Gasteiger partial charge in [0.2, 0.25) is 0 Å². The Kier molecular flexibility index (Phi) is 6.91. The van der Waals surface area contributed by atoms with E-state index in [-0.39, 0.29) is 11.4 Å². The van der Waals surface area contributed by atoms with Gasteiger partial charge < -0.3 is 19.5 Å². The van der Waals surface area contributed by atoms with Crippen molar-refractivity contribution in [3.63, 3.8) is 0 Å². The molecule has 0 fully saturated rings. The van der Waals surface area contributed by atoms with E-state index in [9.17, 15) is 19.7 Å². The Bertz CT molecular complexity index is 896. The summed E-state index contributed by atoms with van der Waals surface area (Å²) in [4.78, 5) is 34.4. The molecule has 2 rings (SSSR count). The predicted octanol–water partition coefficient (Wildman–Crippen LogP) is 2.78. The number of esters is 1. The fraction of sp³-hybridized carbons (Fsp3) is 0.263. The Morgan fingerprint density at radius 1 is 1.07 bits per heavy atom. The smallest absolute Gasteiger partial charge is 0.344 e. The molecule has 0 bridgehead atoms. The molecule has 0 saturated carbocycles. The predicted molar refractivity (Wildman–Crippen MR) is 101 cm³/mol. The lowest BCUT2D eigenvalue weighted by molar-refractivity contribution is -0.384. The summed E-state index contributed by atoms with van der Waals surface area (Å²) >= 11 is 0. The monoisotopic (exact) mass is 388 g/mol. The minimum atomic E-state index is -0.767. The lowest BCUT2D eigenvalue weighted by Crippen LogP contribution is -2.24. The molecule has 0 unspecified atom stereocenters. The highest BCUT2D eigenvalue weighted by atomic mass is 16.6. The summed E-state index contributed by atoms with van der Waals surface area (Å²) in [6.45, 7) is 2.41. The Morgan fingerprint density at radius 2 is 1.75 bits per heavy atom. The van der Waals surface area contributed by atoms with E-state index in [1.54, 1.807) is 44.2 Å². The second-order valence-electron chi connectivity index (χ2n) is 5.81. The van der Waals surface area contributed by atoms with Crippen LogP contribution >= 0.6 is 0 Å². The van der Waals surface area contributed by atoms with Crippen LogP contribution in [0, 0.1) is 24.0 Å². The van der Waals surface area contributed by atoms with Gasteiger partial charge in [0.15, 0.2) is 24.7 Å². The second-order valence-corrected chi connectivity index (χ2v) is 5.81. The summed E-state index contributed by atoms with van der Waals surface area (Å²) in [7, 11) is 1.47. The molecule has 0 aromatic heterocycles. The second kappa shape index (κ2) is 9.36. The zero-order valence-electron chi connectivity index (χ0n) is 15.7. The van der Waals surface area contributed by atoms with Crippen LogP contribution in [0.4, 0.5) is 11.4 Å². The van der Waals surface area contributed by atoms with Gasteiger partial charge in [0.05, 0.1) is 12.0 Å². The summed E-state index contributed by atoms with van der Waals surface area (Å²) < 4.78 is 15.3. The normalized spacial score (nSPS) is 10.1. The van der Waals surface area contributed by atoms with E-state index < -0.39 is 30.0 Å². The van der Waals surface area contributed by atoms with Gasteiger partial charge in [-0.15, -0.1) is 0 Å². The van der Waals surface area contributed by atoms with E-state index in [4.69, 9.17) is 14.2 Å². The number of methoxy groups -OCH3 is 1. The highest BCUT2D eigenvalue weighted by molar-refractivity contribution is 5.96. The van der Waals surface area contributed by atoms with E-state index in [1.807, 2.05) is 0 Å². The van der Waals surface area contributed by atoms with E-state index in [1.165, 1.54) is 13.2 Å². The van der Waals surface area contributed by atoms with Gasteiger partial charge >= 0.3 is 5.97 Å². The summed E-state index contributed by atoms with van der Waals surface area (Å²) in [6.07, 6.45) is 0. The van der Waals surface area contributed by atoms with E-state index in [2.05, 4.69) is 5.32 Å². The molecule has 28 heavy (non-hydrogen) atoms. The number of carbonyl (C=O) groups excluding carboxylic acids is 2. The van der Waals surface area contributed by atoms with Gasteiger partial charge in [-0.2, -0.15) is 0 Å². The standard InChI is InChI=1S/C19H20N2O7/c1-12-8-9-14(21(24)25)19(13(12)2)20-17(22)10-28-18(23)11-27-16-7-5-4-6-15(16)26-3/h4-9H,10-11H2,1-3H3,(H,20,22). The van der Waals surface area contributed by atoms with Crippen LogP contribution in [0.3, 0.4) is 0 Å². The average molecular weight is 388 g/mol. The number of hydrogen-bond acceptors (Lipinski definition) is 7. The highest BCUT2D eigenvalue weighted by Crippen LogP contribution is 2.30. The van der Waals surface area contributed by atoms with Crippen LogP contribution in [0.15, 0.2) is 36.4 Å². The molecule has 148 valence electrons. The van der Waals surface area contributed by atoms with E-state index in [0.29, 0.717) is 17.1 Å². The Balaban J connectivity index is 1.91. The van der Waals surface area contributed by atoms with Crippen molar-refractivity contribution in [2.75, 3.05) is 25.6 Å². The van der Waals surface area contributed by atoms with Crippen LogP contribution in [0.25, 0.3) is 0 Å². The van der Waals surface area contributed by atoms with Crippen LogP contribution in [0.5, 0.6) is 11.5 Å². The number of ether oxygens (including phenoxy) is 3. The lowest BCUT2D eigenvalue weighted by Gasteiger charge is -2.12. The minimum absolute atomic E-state index is 0.0799. The van der Waals surface area contributed by atoms with Crippen molar-refractivity contribution < 1.29 is 28.7 Å². The molecule has 2 aromatic carbocycles. The van der Waals surface area contributed by atoms with Gasteiger partial charge in [-0.3, -0.25) is 14.9 Å². The summed E-state index contributed by atoms with van der Waals surface area (Å²) in [5, 5.41) is 13.6. The molecule has 0 atom stereocenters. The third-order valence-electron chi connectivity index (χ3n) is 3.95. The topological polar surface area (TPSA) is 117 Å². The van der Waals surface area contributed by atoms with E-state index in [0.717, 1.165) is 5.56 Å². The van der Waals surface area contributed by atoms with Crippen molar-refractivity contribution in [2.24, 2.45) is 0 Å². The maximum absolute atomic E-state index is 12.1. The quantitative estimate of drug-likeness (QED) is 0.420. The van der Waals surface area contributed by atoms with Crippen LogP contribution in [-0.4, -0.2) is 37.1 Å². The molecule has 0 aliphatic rings. The summed E-state index contributed by atoms with van der Waals surface area (Å²) in [5.74, 6) is -0.647. The molecular formula is C19H20N2O7. The largest absolute Gasteiger partial charge is 0.493 e. The fourth-order valence-electron chi connectivity index (χ4n) is 2.35. The Hall–Kier alpha value is -3.62. The maximum Gasteiger partial charge on any atom is 0.344 e. The molecule has 0 spiro atoms. The van der Waals surface area contributed by atoms with Crippen LogP contribution in [0.1, 0.15) is 11.1 Å². The third kappa shape index (κ3) is 5.19. The third-order valence-corrected chi connectivity index (χ3v) is 3.95. The van der Waals surface area contributed by atoms with Crippen molar-refractivity contribution in [1.82, 2.24) is 0 Å². The molecule has 0 saturated heterocycles. The summed E-state index contributed by atoms with van der Waals surface area (Å²) in [6, 6.07) is 9.67. The van der Waals surface area contributed by atoms with Gasteiger partial charge in [-0.1, -0.05) is 18.2 Å². The van der Waals surface area contributed by atoms with Gasteiger partial charge in [-0.25, -0.2) is 4.79 Å². The molecule has 0 aliphatic carbocycles. The molecule has 2 aromatic rings. The first-order chi connectivity index (χ1) is 13.3. The molecule has 0 aliphatic heterocycles. The number of nitrogens with one attached hydrogen (secondary N) is 1. The van der Waals surface area contributed by atoms with Crippen LogP contribution in [0.2, 0.25) is 0 Å². The number of carbonyl (C=O) groups is 2. The van der Waals surface area contributed by atoms with Gasteiger partial charge in [-0.05, 0) is 37.1 Å². The van der Waals surface area contributed by atoms with Crippen molar-refractivity contribution >= 4 is 23.3 Å². The first kappa shape index (κ1) is 20.7. The van der Waals surface area contributed by atoms with Gasteiger partial charge in [0, 0.05) is 6.07 Å². The first-order valence-electron chi connectivity index (χ1n) is 8.29. The number of nitrogens with zero attached hydrogens (tertiary/aromatic N) is 1. The highest BCUT2D eigenvalue weighted by Gasteiger charge is 2.20. The van der Waals surface area contributed by atoms with Crippen molar-refractivity contribution in [2.45, 2.75) is 13.8 Å². The van der Waals surface area contributed by atoms with Crippen LogP contribution in [-0.2, 0) is 14.3 Å². The lowest BCUT2D eigenvalue weighted by atomic mass is 10.1. The average Bonchev–Trinajstić information content (AvgIpc) is 2.68. The first-order valence-corrected chi connectivity index (χ1v) is 8.29. The number of aryl methyl sites for hydroxylation is 1. The maximum atomic E-state index is 12.1. The van der Waals surface area contributed by atoms with Crippen LogP contribution < -0.4 is 14.8 Å². The van der Waals surface area contributed by atoms with Gasteiger partial charge in [0.25, 0.3) is 11.6 Å². The van der Waals surface area contributed by atoms with Crippen molar-refractivity contribution in [3.8, 4) is 11.5 Å². The zero-order chi connectivity index (χ0) is 20.7. The summed E-state index contributed by atoms with van der Waals surface area (Å²) in [5.41, 5.74) is 1.19. The number of anilines is 1. The number of amides is 1. The van der Waals surface area contributed by atoms with Crippen molar-refractivity contribution in [3.05, 3.63) is 57.6 Å². The number of nitro groups is 1. The molecular weight excluding hydrogens is 368 g/mol. The Labute approximate surface area is 161 Å². The SMILES string of the molecule is COc1ccccc1OCC(=O)OCC(=O)Nc1c([N+](=O)[O-])ccc(C)c1C. The number of rotatable bonds is 8. The Morgan fingerprint density at radius 3 is 2.39 bits per heavy atom. The number of benzene rings is 2. The van der Waals surface area contributed by atoms with Gasteiger partial charge in [0.1, 0.15) is 5.69 Å². The zero-order valence-corrected chi connectivity index (χ0v) is 15.7. The number of para-hydroxylation sites is 2. The number of nitro benzene ring substituents is 1. The minimum Gasteiger partial charge on any atom is -0.493 e. The fourth-order valence-corrected chi connectivity index (χ4v) is 2.35.